The fourth-order valence-corrected chi connectivity index (χ4v) is 4.55. The van der Waals surface area contributed by atoms with E-state index in [4.69, 9.17) is 4.74 Å². The van der Waals surface area contributed by atoms with Gasteiger partial charge in [-0.25, -0.2) is 0 Å². The third-order valence-electron chi connectivity index (χ3n) is 3.45. The summed E-state index contributed by atoms with van der Waals surface area (Å²) in [6.07, 6.45) is 1.71. The summed E-state index contributed by atoms with van der Waals surface area (Å²) in [4.78, 5) is 27.6. The summed E-state index contributed by atoms with van der Waals surface area (Å²) >= 11 is 8.10. The van der Waals surface area contributed by atoms with Crippen molar-refractivity contribution in [1.29, 1.82) is 0 Å². The number of benzene rings is 2. The molecule has 0 bridgehead atoms. The second kappa shape index (κ2) is 8.86. The van der Waals surface area contributed by atoms with E-state index in [1.807, 2.05) is 42.5 Å². The minimum absolute atomic E-state index is 0.271. The van der Waals surface area contributed by atoms with E-state index in [1.54, 1.807) is 6.08 Å². The first-order valence-corrected chi connectivity index (χ1v) is 10.3. The first-order chi connectivity index (χ1) is 12.9. The van der Waals surface area contributed by atoms with Crippen molar-refractivity contribution in [2.75, 3.05) is 0 Å². The minimum atomic E-state index is -0.395. The van der Waals surface area contributed by atoms with Gasteiger partial charge >= 0.3 is 0 Å². The molecule has 0 aliphatic carbocycles. The zero-order chi connectivity index (χ0) is 19.4. The lowest BCUT2D eigenvalue weighted by Gasteiger charge is -2.13. The fourth-order valence-electron chi connectivity index (χ4n) is 2.32. The molecule has 1 aliphatic heterocycles. The molecule has 138 valence electrons. The topological polar surface area (TPSA) is 67.8 Å². The number of carbonyl (C=O) groups is 2. The first-order valence-electron chi connectivity index (χ1n) is 7.88. The lowest BCUT2D eigenvalue weighted by Crippen LogP contribution is -2.23. The number of halogens is 2. The highest BCUT2D eigenvalue weighted by molar-refractivity contribution is 9.11. The third-order valence-corrected chi connectivity index (χ3v) is 5.40. The van der Waals surface area contributed by atoms with Crippen molar-refractivity contribution in [3.8, 4) is 5.75 Å². The summed E-state index contributed by atoms with van der Waals surface area (Å²) in [7, 11) is 0. The monoisotopic (exact) mass is 508 g/mol. The van der Waals surface area contributed by atoms with Gasteiger partial charge in [-0.3, -0.25) is 9.59 Å². The molecule has 1 aliphatic rings. The van der Waals surface area contributed by atoms with Crippen molar-refractivity contribution in [1.82, 2.24) is 5.32 Å². The molecule has 3 rings (SSSR count). The Morgan fingerprint density at radius 2 is 2.00 bits per heavy atom. The van der Waals surface area contributed by atoms with Crippen LogP contribution in [-0.4, -0.2) is 17.0 Å². The van der Waals surface area contributed by atoms with Crippen LogP contribution in [0.25, 0.3) is 6.08 Å². The number of thioether (sulfide) groups is 1. The SMILES string of the molecule is CC(=O)NC1=NC(=O)/C(=C\c2cc(Br)cc(Br)c2OCc2ccccc2)S1. The van der Waals surface area contributed by atoms with Crippen LogP contribution in [0.5, 0.6) is 5.75 Å². The van der Waals surface area contributed by atoms with Gasteiger partial charge in [-0.1, -0.05) is 46.3 Å². The van der Waals surface area contributed by atoms with Gasteiger partial charge in [0.1, 0.15) is 12.4 Å². The number of carbonyl (C=O) groups excluding carboxylic acids is 2. The molecule has 5 nitrogen and oxygen atoms in total. The van der Waals surface area contributed by atoms with Crippen molar-refractivity contribution in [3.05, 3.63) is 67.4 Å². The van der Waals surface area contributed by atoms with Crippen LogP contribution in [0, 0.1) is 0 Å². The van der Waals surface area contributed by atoms with E-state index >= 15 is 0 Å². The van der Waals surface area contributed by atoms with Gasteiger partial charge < -0.3 is 10.1 Å². The normalized spacial score (nSPS) is 15.0. The second-order valence-corrected chi connectivity index (χ2v) is 8.39. The zero-order valence-electron chi connectivity index (χ0n) is 14.2. The van der Waals surface area contributed by atoms with Gasteiger partial charge in [0.05, 0.1) is 9.38 Å². The van der Waals surface area contributed by atoms with Gasteiger partial charge in [-0.2, -0.15) is 4.99 Å². The summed E-state index contributed by atoms with van der Waals surface area (Å²) in [5.74, 6) is -0.0443. The van der Waals surface area contributed by atoms with Crippen molar-refractivity contribution < 1.29 is 14.3 Å². The Kier molecular flexibility index (Phi) is 6.51. The summed E-state index contributed by atoms with van der Waals surface area (Å²) in [5, 5.41) is 2.81. The molecule has 0 atom stereocenters. The Labute approximate surface area is 177 Å². The highest BCUT2D eigenvalue weighted by atomic mass is 79.9. The fraction of sp³-hybridized carbons (Fsp3) is 0.105. The van der Waals surface area contributed by atoms with Crippen molar-refractivity contribution in [2.45, 2.75) is 13.5 Å². The summed E-state index contributed by atoms with van der Waals surface area (Å²) in [5.41, 5.74) is 1.76. The Hall–Kier alpha value is -1.90. The van der Waals surface area contributed by atoms with Gasteiger partial charge in [0.25, 0.3) is 5.91 Å². The average Bonchev–Trinajstić information content (AvgIpc) is 2.93. The minimum Gasteiger partial charge on any atom is -0.487 e. The molecule has 0 radical (unpaired) electrons. The summed E-state index contributed by atoms with van der Waals surface area (Å²) < 4.78 is 7.61. The van der Waals surface area contributed by atoms with Crippen LogP contribution in [0.3, 0.4) is 0 Å². The second-order valence-electron chi connectivity index (χ2n) is 5.59. The van der Waals surface area contributed by atoms with Gasteiger partial charge in [-0.05, 0) is 51.5 Å². The number of hydrogen-bond acceptors (Lipinski definition) is 4. The van der Waals surface area contributed by atoms with Crippen LogP contribution in [0.2, 0.25) is 0 Å². The van der Waals surface area contributed by atoms with E-state index in [-0.39, 0.29) is 11.1 Å². The summed E-state index contributed by atoms with van der Waals surface area (Å²) in [6, 6.07) is 13.6. The maximum Gasteiger partial charge on any atom is 0.286 e. The smallest absolute Gasteiger partial charge is 0.286 e. The maximum absolute atomic E-state index is 12.1. The highest BCUT2D eigenvalue weighted by Crippen LogP contribution is 2.37. The van der Waals surface area contributed by atoms with E-state index in [0.717, 1.165) is 31.8 Å². The highest BCUT2D eigenvalue weighted by Gasteiger charge is 2.23. The molecule has 0 fully saturated rings. The van der Waals surface area contributed by atoms with E-state index in [9.17, 15) is 9.59 Å². The van der Waals surface area contributed by atoms with Crippen LogP contribution in [0.4, 0.5) is 0 Å². The van der Waals surface area contributed by atoms with Gasteiger partial charge in [-0.15, -0.1) is 0 Å². The maximum atomic E-state index is 12.1. The Balaban J connectivity index is 1.87. The number of hydrogen-bond donors (Lipinski definition) is 1. The Morgan fingerprint density at radius 3 is 2.70 bits per heavy atom. The number of rotatable bonds is 4. The summed E-state index contributed by atoms with van der Waals surface area (Å²) in [6.45, 7) is 1.77. The molecule has 1 N–H and O–H groups in total. The first kappa shape index (κ1) is 19.9. The van der Waals surface area contributed by atoms with Crippen LogP contribution in [0.15, 0.2) is 61.3 Å². The molecule has 0 saturated carbocycles. The number of ether oxygens (including phenoxy) is 1. The Morgan fingerprint density at radius 1 is 1.26 bits per heavy atom. The van der Waals surface area contributed by atoms with Crippen LogP contribution in [0.1, 0.15) is 18.1 Å². The molecular formula is C19H14Br2N2O3S. The zero-order valence-corrected chi connectivity index (χ0v) is 18.2. The van der Waals surface area contributed by atoms with Crippen molar-refractivity contribution in [3.63, 3.8) is 0 Å². The van der Waals surface area contributed by atoms with Gasteiger partial charge in [0.2, 0.25) is 5.91 Å². The molecule has 2 aromatic rings. The van der Waals surface area contributed by atoms with E-state index < -0.39 is 5.91 Å². The van der Waals surface area contributed by atoms with Crippen LogP contribution in [-0.2, 0) is 16.2 Å². The number of amides is 2. The molecule has 0 aromatic heterocycles. The van der Waals surface area contributed by atoms with E-state index in [0.29, 0.717) is 17.3 Å². The number of aliphatic imine (C=N–C) groups is 1. The molecule has 2 aromatic carbocycles. The standard InChI is InChI=1S/C19H14Br2N2O3S/c1-11(24)22-19-23-18(25)16(27-19)8-13-7-14(20)9-15(21)17(13)26-10-12-5-3-2-4-6-12/h2-9H,10H2,1H3,(H,22,23,24,25)/b16-8+. The molecule has 1 heterocycles. The molecule has 8 heteroatoms. The molecule has 0 unspecified atom stereocenters. The predicted molar refractivity (Wildman–Crippen MR) is 114 cm³/mol. The molecule has 0 spiro atoms. The quantitative estimate of drug-likeness (QED) is 0.595. The van der Waals surface area contributed by atoms with Gasteiger partial charge in [0, 0.05) is 17.0 Å². The molecule has 0 saturated heterocycles. The van der Waals surface area contributed by atoms with Crippen molar-refractivity contribution >= 4 is 66.7 Å². The lowest BCUT2D eigenvalue weighted by molar-refractivity contribution is -0.117. The predicted octanol–water partition coefficient (Wildman–Crippen LogP) is 4.90. The molecular weight excluding hydrogens is 496 g/mol. The van der Waals surface area contributed by atoms with Crippen molar-refractivity contribution in [2.24, 2.45) is 4.99 Å². The average molecular weight is 510 g/mol. The number of amidine groups is 1. The van der Waals surface area contributed by atoms with E-state index in [2.05, 4.69) is 42.2 Å². The lowest BCUT2D eigenvalue weighted by atomic mass is 10.2. The third kappa shape index (κ3) is 5.31. The van der Waals surface area contributed by atoms with Crippen LogP contribution < -0.4 is 10.1 Å². The molecule has 27 heavy (non-hydrogen) atoms. The largest absolute Gasteiger partial charge is 0.487 e. The van der Waals surface area contributed by atoms with Gasteiger partial charge in [0.15, 0.2) is 5.17 Å². The van der Waals surface area contributed by atoms with E-state index in [1.165, 1.54) is 6.92 Å². The van der Waals surface area contributed by atoms with Crippen LogP contribution >= 0.6 is 43.6 Å². The number of nitrogens with one attached hydrogen (secondary N) is 1. The Bertz CT molecular complexity index is 959. The number of nitrogens with zero attached hydrogens (tertiary/aromatic N) is 1. The molecule has 2 amide bonds.